The van der Waals surface area contributed by atoms with E-state index < -0.39 is 0 Å². The van der Waals surface area contributed by atoms with Crippen molar-refractivity contribution in [2.75, 3.05) is 7.11 Å². The Kier molecular flexibility index (Phi) is 4.44. The van der Waals surface area contributed by atoms with Crippen LogP contribution in [0.25, 0.3) is 16.4 Å². The van der Waals surface area contributed by atoms with Crippen LogP contribution < -0.4 is 4.74 Å². The third-order valence-corrected chi connectivity index (χ3v) is 5.96. The molecule has 5 rings (SSSR count). The van der Waals surface area contributed by atoms with Crippen molar-refractivity contribution in [3.05, 3.63) is 84.1 Å². The van der Waals surface area contributed by atoms with E-state index in [-0.39, 0.29) is 5.25 Å². The molecule has 0 aliphatic carbocycles. The van der Waals surface area contributed by atoms with E-state index >= 15 is 0 Å². The Morgan fingerprint density at radius 2 is 2.00 bits per heavy atom. The highest BCUT2D eigenvalue weighted by Gasteiger charge is 2.24. The van der Waals surface area contributed by atoms with E-state index in [0.29, 0.717) is 0 Å². The number of aryl methyl sites for hydroxylation is 1. The molecule has 1 N–H and O–H groups in total. The maximum absolute atomic E-state index is 5.46. The first-order valence-electron chi connectivity index (χ1n) is 9.28. The Balaban J connectivity index is 1.77. The largest absolute Gasteiger partial charge is 0.497 e. The van der Waals surface area contributed by atoms with Gasteiger partial charge in [-0.3, -0.25) is 0 Å². The topological polar surface area (TPSA) is 68.1 Å². The van der Waals surface area contributed by atoms with Crippen LogP contribution in [-0.2, 0) is 0 Å². The maximum atomic E-state index is 5.46. The summed E-state index contributed by atoms with van der Waals surface area (Å²) in [4.78, 5) is 12.6. The number of nitrogens with one attached hydrogen (secondary N) is 1. The van der Waals surface area contributed by atoms with Crippen molar-refractivity contribution < 1.29 is 4.74 Å². The van der Waals surface area contributed by atoms with Gasteiger partial charge in [-0.2, -0.15) is 5.10 Å². The SMILES string of the molecule is COc1cccc(C(Sc2ncc[nH]2)c2nc3ccccc3c3cc(C)nn23)c1. The van der Waals surface area contributed by atoms with E-state index in [4.69, 9.17) is 14.8 Å². The first kappa shape index (κ1) is 17.8. The van der Waals surface area contributed by atoms with Gasteiger partial charge in [-0.05, 0) is 36.8 Å². The molecule has 29 heavy (non-hydrogen) atoms. The first-order chi connectivity index (χ1) is 14.2. The average molecular weight is 401 g/mol. The van der Waals surface area contributed by atoms with Crippen molar-refractivity contribution in [2.45, 2.75) is 17.3 Å². The summed E-state index contributed by atoms with van der Waals surface area (Å²) >= 11 is 1.61. The number of aromatic nitrogens is 5. The molecule has 2 aromatic carbocycles. The molecule has 0 aliphatic rings. The molecule has 0 amide bonds. The van der Waals surface area contributed by atoms with Crippen molar-refractivity contribution in [2.24, 2.45) is 0 Å². The van der Waals surface area contributed by atoms with Crippen molar-refractivity contribution in [1.29, 1.82) is 0 Å². The lowest BCUT2D eigenvalue weighted by Crippen LogP contribution is -2.09. The molecule has 0 saturated heterocycles. The van der Waals surface area contributed by atoms with Crippen molar-refractivity contribution in [3.8, 4) is 5.75 Å². The van der Waals surface area contributed by atoms with Crippen LogP contribution in [-0.4, -0.2) is 31.7 Å². The maximum Gasteiger partial charge on any atom is 0.166 e. The number of methoxy groups -OCH3 is 1. The number of para-hydroxylation sites is 1. The van der Waals surface area contributed by atoms with Crippen molar-refractivity contribution in [3.63, 3.8) is 0 Å². The molecular formula is C22H19N5OS. The highest BCUT2D eigenvalue weighted by atomic mass is 32.2. The molecule has 0 aliphatic heterocycles. The van der Waals surface area contributed by atoms with Gasteiger partial charge < -0.3 is 9.72 Å². The predicted octanol–water partition coefficient (Wildman–Crippen LogP) is 4.80. The van der Waals surface area contributed by atoms with Crippen molar-refractivity contribution in [1.82, 2.24) is 24.6 Å². The number of fused-ring (bicyclic) bond motifs is 3. The first-order valence-corrected chi connectivity index (χ1v) is 10.2. The Hall–Kier alpha value is -3.32. The van der Waals surface area contributed by atoms with Gasteiger partial charge in [0, 0.05) is 17.8 Å². The summed E-state index contributed by atoms with van der Waals surface area (Å²) in [6, 6.07) is 18.3. The summed E-state index contributed by atoms with van der Waals surface area (Å²) < 4.78 is 7.42. The third kappa shape index (κ3) is 3.23. The monoisotopic (exact) mass is 401 g/mol. The van der Waals surface area contributed by atoms with Gasteiger partial charge in [0.05, 0.1) is 29.1 Å². The zero-order chi connectivity index (χ0) is 19.8. The van der Waals surface area contributed by atoms with E-state index in [9.17, 15) is 0 Å². The molecule has 3 heterocycles. The number of aromatic amines is 1. The minimum atomic E-state index is -0.123. The number of imidazole rings is 1. The zero-order valence-corrected chi connectivity index (χ0v) is 16.9. The van der Waals surface area contributed by atoms with Gasteiger partial charge in [-0.15, -0.1) is 0 Å². The number of H-pyrrole nitrogens is 1. The fourth-order valence-electron chi connectivity index (χ4n) is 3.50. The number of hydrogen-bond acceptors (Lipinski definition) is 5. The molecule has 0 bridgehead atoms. The normalized spacial score (nSPS) is 12.5. The molecular weight excluding hydrogens is 382 g/mol. The van der Waals surface area contributed by atoms with Gasteiger partial charge in [-0.25, -0.2) is 14.5 Å². The fraction of sp³-hybridized carbons (Fsp3) is 0.136. The molecule has 1 unspecified atom stereocenters. The molecule has 0 radical (unpaired) electrons. The molecule has 0 saturated carbocycles. The van der Waals surface area contributed by atoms with E-state index in [0.717, 1.165) is 44.4 Å². The summed E-state index contributed by atoms with van der Waals surface area (Å²) in [6.45, 7) is 2.01. The van der Waals surface area contributed by atoms with Crippen LogP contribution >= 0.6 is 11.8 Å². The van der Waals surface area contributed by atoms with E-state index in [1.165, 1.54) is 0 Å². The highest BCUT2D eigenvalue weighted by molar-refractivity contribution is 7.99. The molecule has 6 nitrogen and oxygen atoms in total. The Bertz CT molecular complexity index is 1300. The second-order valence-electron chi connectivity index (χ2n) is 6.74. The fourth-order valence-corrected chi connectivity index (χ4v) is 4.52. The summed E-state index contributed by atoms with van der Waals surface area (Å²) in [7, 11) is 1.68. The minimum Gasteiger partial charge on any atom is -0.497 e. The summed E-state index contributed by atoms with van der Waals surface area (Å²) in [6.07, 6.45) is 3.58. The van der Waals surface area contributed by atoms with Crippen LogP contribution in [0.2, 0.25) is 0 Å². The van der Waals surface area contributed by atoms with Crippen LogP contribution in [0, 0.1) is 6.92 Å². The van der Waals surface area contributed by atoms with E-state index in [2.05, 4.69) is 28.2 Å². The molecule has 1 atom stereocenters. The van der Waals surface area contributed by atoms with E-state index in [1.807, 2.05) is 54.0 Å². The number of rotatable bonds is 5. The van der Waals surface area contributed by atoms with Crippen LogP contribution in [0.15, 0.2) is 72.1 Å². The Morgan fingerprint density at radius 3 is 2.83 bits per heavy atom. The van der Waals surface area contributed by atoms with Crippen LogP contribution in [0.3, 0.4) is 0 Å². The van der Waals surface area contributed by atoms with E-state index in [1.54, 1.807) is 25.1 Å². The molecule has 144 valence electrons. The number of thioether (sulfide) groups is 1. The summed E-state index contributed by atoms with van der Waals surface area (Å²) in [5.41, 5.74) is 4.03. The lowest BCUT2D eigenvalue weighted by molar-refractivity contribution is 0.414. The van der Waals surface area contributed by atoms with Crippen LogP contribution in [0.1, 0.15) is 22.3 Å². The molecule has 3 aromatic heterocycles. The van der Waals surface area contributed by atoms with Gasteiger partial charge in [0.1, 0.15) is 11.6 Å². The Labute approximate surface area is 172 Å². The summed E-state index contributed by atoms with van der Waals surface area (Å²) in [5, 5.41) is 6.55. The smallest absolute Gasteiger partial charge is 0.166 e. The molecule has 7 heteroatoms. The van der Waals surface area contributed by atoms with Crippen molar-refractivity contribution >= 4 is 28.2 Å². The predicted molar refractivity (Wildman–Crippen MR) is 115 cm³/mol. The molecule has 0 spiro atoms. The van der Waals surface area contributed by atoms with Crippen LogP contribution in [0.4, 0.5) is 0 Å². The van der Waals surface area contributed by atoms with Gasteiger partial charge >= 0.3 is 0 Å². The van der Waals surface area contributed by atoms with Gasteiger partial charge in [-0.1, -0.05) is 42.1 Å². The standard InChI is InChI=1S/C22H19N5OS/c1-14-12-19-17-8-3-4-9-18(17)25-21(27(19)26-14)20(29-22-23-10-11-24-22)15-6-5-7-16(13-15)28-2/h3-13,20H,1-2H3,(H,23,24). The summed E-state index contributed by atoms with van der Waals surface area (Å²) in [5.74, 6) is 1.66. The molecule has 5 aromatic rings. The quantitative estimate of drug-likeness (QED) is 0.428. The second kappa shape index (κ2) is 7.25. The average Bonchev–Trinajstić information content (AvgIpc) is 3.41. The second-order valence-corrected chi connectivity index (χ2v) is 7.83. The number of benzene rings is 2. The zero-order valence-electron chi connectivity index (χ0n) is 16.0. The van der Waals surface area contributed by atoms with Gasteiger partial charge in [0.2, 0.25) is 0 Å². The number of ether oxygens (including phenoxy) is 1. The number of hydrogen-bond donors (Lipinski definition) is 1. The highest BCUT2D eigenvalue weighted by Crippen LogP contribution is 2.40. The van der Waals surface area contributed by atoms with Crippen LogP contribution in [0.5, 0.6) is 5.75 Å². The minimum absolute atomic E-state index is 0.123. The lowest BCUT2D eigenvalue weighted by atomic mass is 10.1. The Morgan fingerprint density at radius 1 is 1.10 bits per heavy atom. The third-order valence-electron chi connectivity index (χ3n) is 4.80. The lowest BCUT2D eigenvalue weighted by Gasteiger charge is -2.18. The van der Waals surface area contributed by atoms with Gasteiger partial charge in [0.25, 0.3) is 0 Å². The molecule has 0 fully saturated rings. The number of nitrogens with zero attached hydrogens (tertiary/aromatic N) is 4. The van der Waals surface area contributed by atoms with Gasteiger partial charge in [0.15, 0.2) is 5.16 Å².